The Morgan fingerprint density at radius 2 is 1.88 bits per heavy atom. The number of aromatic nitrogens is 2. The fourth-order valence-electron chi connectivity index (χ4n) is 2.43. The van der Waals surface area contributed by atoms with Gasteiger partial charge in [-0.3, -0.25) is 9.89 Å². The molecule has 0 aliphatic carbocycles. The van der Waals surface area contributed by atoms with Gasteiger partial charge in [0.25, 0.3) is 5.91 Å². The van der Waals surface area contributed by atoms with Crippen molar-refractivity contribution in [3.05, 3.63) is 76.4 Å². The van der Waals surface area contributed by atoms with Crippen LogP contribution in [0.5, 0.6) is 0 Å². The molecule has 2 aromatic carbocycles. The quantitative estimate of drug-likeness (QED) is 0.718. The summed E-state index contributed by atoms with van der Waals surface area (Å²) in [5.41, 5.74) is 2.11. The molecule has 128 valence electrons. The van der Waals surface area contributed by atoms with Crippen LogP contribution in [-0.2, 0) is 0 Å². The topological polar surface area (TPSA) is 57.8 Å². The summed E-state index contributed by atoms with van der Waals surface area (Å²) in [4.78, 5) is 12.5. The summed E-state index contributed by atoms with van der Waals surface area (Å²) >= 11 is 5.87. The fraction of sp³-hybridized carbons (Fsp3) is 0.111. The van der Waals surface area contributed by atoms with Crippen molar-refractivity contribution in [3.8, 4) is 11.3 Å². The molecule has 0 spiro atoms. The summed E-state index contributed by atoms with van der Waals surface area (Å²) in [6.07, 6.45) is 1.41. The summed E-state index contributed by atoms with van der Waals surface area (Å²) in [6.45, 7) is 1.69. The molecule has 1 amide bonds. The first-order valence-electron chi connectivity index (χ1n) is 7.51. The zero-order valence-electron chi connectivity index (χ0n) is 13.2. The number of halogens is 3. The van der Waals surface area contributed by atoms with Gasteiger partial charge in [-0.05, 0) is 36.8 Å². The molecule has 0 radical (unpaired) electrons. The third-order valence-electron chi connectivity index (χ3n) is 3.81. The Labute approximate surface area is 147 Å². The lowest BCUT2D eigenvalue weighted by Crippen LogP contribution is -2.26. The first-order chi connectivity index (χ1) is 12.0. The third kappa shape index (κ3) is 3.69. The largest absolute Gasteiger partial charge is 0.345 e. The monoisotopic (exact) mass is 361 g/mol. The molecule has 0 saturated heterocycles. The Bertz CT molecular complexity index is 909. The molecule has 1 aromatic heterocycles. The van der Waals surface area contributed by atoms with Crippen LogP contribution in [0.3, 0.4) is 0 Å². The van der Waals surface area contributed by atoms with Gasteiger partial charge < -0.3 is 5.32 Å². The van der Waals surface area contributed by atoms with Gasteiger partial charge in [-0.2, -0.15) is 5.10 Å². The number of rotatable bonds is 4. The van der Waals surface area contributed by atoms with Gasteiger partial charge in [-0.15, -0.1) is 0 Å². The van der Waals surface area contributed by atoms with Crippen LogP contribution >= 0.6 is 11.6 Å². The van der Waals surface area contributed by atoms with Gasteiger partial charge >= 0.3 is 0 Å². The summed E-state index contributed by atoms with van der Waals surface area (Å²) < 4.78 is 26.4. The number of hydrogen-bond acceptors (Lipinski definition) is 2. The van der Waals surface area contributed by atoms with E-state index in [9.17, 15) is 13.6 Å². The van der Waals surface area contributed by atoms with Crippen molar-refractivity contribution in [2.75, 3.05) is 0 Å². The van der Waals surface area contributed by atoms with E-state index in [1.54, 1.807) is 31.2 Å². The lowest BCUT2D eigenvalue weighted by molar-refractivity contribution is 0.0940. The van der Waals surface area contributed by atoms with Crippen molar-refractivity contribution in [1.29, 1.82) is 0 Å². The predicted molar refractivity (Wildman–Crippen MR) is 91.3 cm³/mol. The molecule has 4 nitrogen and oxygen atoms in total. The Morgan fingerprint density at radius 3 is 2.56 bits per heavy atom. The minimum atomic E-state index is -0.955. The summed E-state index contributed by atoms with van der Waals surface area (Å²) in [5.74, 6) is -2.26. The van der Waals surface area contributed by atoms with Crippen molar-refractivity contribution in [3.63, 3.8) is 0 Å². The molecule has 0 aliphatic heterocycles. The smallest absolute Gasteiger partial charge is 0.255 e. The van der Waals surface area contributed by atoms with Crippen LogP contribution in [-0.4, -0.2) is 16.1 Å². The van der Waals surface area contributed by atoms with E-state index in [1.807, 2.05) is 0 Å². The highest BCUT2D eigenvalue weighted by molar-refractivity contribution is 6.30. The normalized spacial score (nSPS) is 12.0. The molecule has 1 heterocycles. The minimum Gasteiger partial charge on any atom is -0.345 e. The van der Waals surface area contributed by atoms with Gasteiger partial charge in [-0.1, -0.05) is 29.8 Å². The average Bonchev–Trinajstić information content (AvgIpc) is 3.07. The van der Waals surface area contributed by atoms with Crippen LogP contribution in [0.2, 0.25) is 5.02 Å². The van der Waals surface area contributed by atoms with E-state index in [4.69, 9.17) is 11.6 Å². The first kappa shape index (κ1) is 17.1. The van der Waals surface area contributed by atoms with E-state index < -0.39 is 17.7 Å². The first-order valence-corrected chi connectivity index (χ1v) is 7.88. The number of hydrogen-bond donors (Lipinski definition) is 2. The summed E-state index contributed by atoms with van der Waals surface area (Å²) in [6, 6.07) is 9.98. The third-order valence-corrected chi connectivity index (χ3v) is 4.06. The highest BCUT2D eigenvalue weighted by atomic mass is 35.5. The van der Waals surface area contributed by atoms with E-state index in [2.05, 4.69) is 15.5 Å². The van der Waals surface area contributed by atoms with Crippen molar-refractivity contribution >= 4 is 17.5 Å². The number of aromatic amines is 1. The second-order valence-electron chi connectivity index (χ2n) is 5.53. The van der Waals surface area contributed by atoms with Gasteiger partial charge in [0.1, 0.15) is 0 Å². The zero-order chi connectivity index (χ0) is 18.0. The fourth-order valence-corrected chi connectivity index (χ4v) is 2.56. The minimum absolute atomic E-state index is 0.344. The second kappa shape index (κ2) is 7.03. The standard InChI is InChI=1S/C18H14ClF2N3O/c1-10(12-4-7-15(20)16(21)8-12)23-18(25)14-9-22-24-17(14)11-2-5-13(19)6-3-11/h2-10H,1H3,(H,22,24)(H,23,25). The number of H-pyrrole nitrogens is 1. The van der Waals surface area contributed by atoms with Gasteiger partial charge in [0, 0.05) is 10.6 Å². The average molecular weight is 362 g/mol. The van der Waals surface area contributed by atoms with Crippen LogP contribution in [0.15, 0.2) is 48.7 Å². The number of benzene rings is 2. The lowest BCUT2D eigenvalue weighted by atomic mass is 10.1. The molecule has 0 bridgehead atoms. The maximum Gasteiger partial charge on any atom is 0.255 e. The number of amides is 1. The van der Waals surface area contributed by atoms with Gasteiger partial charge in [0.2, 0.25) is 0 Å². The number of nitrogens with one attached hydrogen (secondary N) is 2. The molecule has 3 rings (SSSR count). The summed E-state index contributed by atoms with van der Waals surface area (Å²) in [7, 11) is 0. The zero-order valence-corrected chi connectivity index (χ0v) is 13.9. The highest BCUT2D eigenvalue weighted by Crippen LogP contribution is 2.24. The van der Waals surface area contributed by atoms with Crippen molar-refractivity contribution in [2.24, 2.45) is 0 Å². The Kier molecular flexibility index (Phi) is 4.81. The maximum absolute atomic E-state index is 13.4. The predicted octanol–water partition coefficient (Wildman–Crippen LogP) is 4.50. The van der Waals surface area contributed by atoms with E-state index >= 15 is 0 Å². The van der Waals surface area contributed by atoms with Crippen molar-refractivity contribution in [1.82, 2.24) is 15.5 Å². The molecule has 0 fully saturated rings. The number of nitrogens with zero attached hydrogens (tertiary/aromatic N) is 1. The molecule has 1 atom stereocenters. The second-order valence-corrected chi connectivity index (χ2v) is 5.97. The van der Waals surface area contributed by atoms with Crippen LogP contribution < -0.4 is 5.32 Å². The van der Waals surface area contributed by atoms with Gasteiger partial charge in [-0.25, -0.2) is 8.78 Å². The van der Waals surface area contributed by atoms with Crippen LogP contribution in [0.25, 0.3) is 11.3 Å². The molecular formula is C18H14ClF2N3O. The van der Waals surface area contributed by atoms with E-state index in [0.29, 0.717) is 21.8 Å². The number of carbonyl (C=O) groups is 1. The SMILES string of the molecule is CC(NC(=O)c1cn[nH]c1-c1ccc(Cl)cc1)c1ccc(F)c(F)c1. The molecule has 7 heteroatoms. The van der Waals surface area contributed by atoms with E-state index in [1.165, 1.54) is 12.3 Å². The van der Waals surface area contributed by atoms with Crippen LogP contribution in [0.4, 0.5) is 8.78 Å². The molecular weight excluding hydrogens is 348 g/mol. The Hall–Kier alpha value is -2.73. The van der Waals surface area contributed by atoms with E-state index in [0.717, 1.165) is 17.7 Å². The van der Waals surface area contributed by atoms with Crippen LogP contribution in [0, 0.1) is 11.6 Å². The lowest BCUT2D eigenvalue weighted by Gasteiger charge is -2.14. The molecule has 0 saturated carbocycles. The summed E-state index contributed by atoms with van der Waals surface area (Å²) in [5, 5.41) is 10.0. The molecule has 0 aliphatic rings. The van der Waals surface area contributed by atoms with Gasteiger partial charge in [0.15, 0.2) is 11.6 Å². The van der Waals surface area contributed by atoms with Crippen molar-refractivity contribution in [2.45, 2.75) is 13.0 Å². The molecule has 3 aromatic rings. The molecule has 1 unspecified atom stereocenters. The Morgan fingerprint density at radius 1 is 1.16 bits per heavy atom. The highest BCUT2D eigenvalue weighted by Gasteiger charge is 2.18. The number of carbonyl (C=O) groups excluding carboxylic acids is 1. The van der Waals surface area contributed by atoms with Crippen LogP contribution in [0.1, 0.15) is 28.9 Å². The maximum atomic E-state index is 13.4. The molecule has 25 heavy (non-hydrogen) atoms. The molecule has 2 N–H and O–H groups in total. The van der Waals surface area contributed by atoms with Gasteiger partial charge in [0.05, 0.1) is 23.5 Å². The van der Waals surface area contributed by atoms with E-state index in [-0.39, 0.29) is 5.91 Å². The van der Waals surface area contributed by atoms with Crippen molar-refractivity contribution < 1.29 is 13.6 Å². The Balaban J connectivity index is 1.81.